The van der Waals surface area contributed by atoms with Gasteiger partial charge in [-0.3, -0.25) is 9.59 Å². The highest BCUT2D eigenvalue weighted by Gasteiger charge is 2.29. The van der Waals surface area contributed by atoms with E-state index in [1.54, 1.807) is 0 Å². The number of ether oxygens (including phenoxy) is 2. The Labute approximate surface area is 197 Å². The van der Waals surface area contributed by atoms with Crippen molar-refractivity contribution in [3.8, 4) is 17.0 Å². The molecule has 1 aliphatic heterocycles. The molecular formula is C23H22F3N5O4. The van der Waals surface area contributed by atoms with Crippen LogP contribution in [0.5, 0.6) is 5.75 Å². The van der Waals surface area contributed by atoms with E-state index in [0.717, 1.165) is 12.1 Å². The third kappa shape index (κ3) is 4.52. The molecule has 3 aromatic rings. The van der Waals surface area contributed by atoms with Gasteiger partial charge in [-0.25, -0.2) is 17.9 Å². The van der Waals surface area contributed by atoms with E-state index in [0.29, 0.717) is 19.6 Å². The van der Waals surface area contributed by atoms with Crippen LogP contribution >= 0.6 is 0 Å². The normalized spacial score (nSPS) is 15.3. The van der Waals surface area contributed by atoms with Crippen molar-refractivity contribution in [1.29, 1.82) is 0 Å². The van der Waals surface area contributed by atoms with Crippen molar-refractivity contribution in [1.82, 2.24) is 15.1 Å². The summed E-state index contributed by atoms with van der Waals surface area (Å²) >= 11 is 0. The first-order valence-electron chi connectivity index (χ1n) is 10.6. The first kappa shape index (κ1) is 24.1. The number of primary amides is 1. The number of nitrogen functional groups attached to an aromatic ring is 1. The Morgan fingerprint density at radius 3 is 2.66 bits per heavy atom. The van der Waals surface area contributed by atoms with Crippen LogP contribution in [0.2, 0.25) is 0 Å². The Kier molecular flexibility index (Phi) is 6.65. The van der Waals surface area contributed by atoms with Crippen LogP contribution in [0.3, 0.4) is 0 Å². The van der Waals surface area contributed by atoms with Gasteiger partial charge in [0, 0.05) is 24.3 Å². The molecule has 1 aliphatic rings. The van der Waals surface area contributed by atoms with Crippen LogP contribution in [-0.4, -0.2) is 41.9 Å². The van der Waals surface area contributed by atoms with Crippen molar-refractivity contribution < 1.29 is 32.2 Å². The number of anilines is 1. The minimum atomic E-state index is -1.30. The number of nitrogens with one attached hydrogen (secondary N) is 1. The molecule has 0 spiro atoms. The predicted octanol–water partition coefficient (Wildman–Crippen LogP) is 2.55. The van der Waals surface area contributed by atoms with E-state index < -0.39 is 35.8 Å². The molecule has 35 heavy (non-hydrogen) atoms. The van der Waals surface area contributed by atoms with Gasteiger partial charge < -0.3 is 26.3 Å². The number of methoxy groups -OCH3 is 1. The average Bonchev–Trinajstić information content (AvgIpc) is 3.47. The van der Waals surface area contributed by atoms with Crippen molar-refractivity contribution in [2.75, 3.05) is 26.1 Å². The summed E-state index contributed by atoms with van der Waals surface area (Å²) in [7, 11) is 1.31. The largest absolute Gasteiger partial charge is 0.496 e. The van der Waals surface area contributed by atoms with Gasteiger partial charge in [0.1, 0.15) is 28.6 Å². The number of aromatic nitrogens is 2. The average molecular weight is 489 g/mol. The Hall–Kier alpha value is -4.06. The third-order valence-electron chi connectivity index (χ3n) is 5.71. The van der Waals surface area contributed by atoms with E-state index in [1.165, 1.54) is 30.0 Å². The maximum atomic E-state index is 15.1. The minimum absolute atomic E-state index is 0.0665. The van der Waals surface area contributed by atoms with Gasteiger partial charge in [0.05, 0.1) is 25.3 Å². The van der Waals surface area contributed by atoms with Crippen molar-refractivity contribution in [2.24, 2.45) is 5.73 Å². The zero-order valence-electron chi connectivity index (χ0n) is 18.6. The Morgan fingerprint density at radius 2 is 2.00 bits per heavy atom. The zero-order valence-corrected chi connectivity index (χ0v) is 18.6. The third-order valence-corrected chi connectivity index (χ3v) is 5.71. The highest BCUT2D eigenvalue weighted by molar-refractivity contribution is 6.03. The summed E-state index contributed by atoms with van der Waals surface area (Å²) in [6.45, 7) is 0.366. The highest BCUT2D eigenvalue weighted by Crippen LogP contribution is 2.34. The van der Waals surface area contributed by atoms with Gasteiger partial charge in [-0.1, -0.05) is 6.07 Å². The van der Waals surface area contributed by atoms with E-state index in [1.807, 2.05) is 0 Å². The van der Waals surface area contributed by atoms with Gasteiger partial charge >= 0.3 is 0 Å². The number of rotatable bonds is 7. The summed E-state index contributed by atoms with van der Waals surface area (Å²) in [4.78, 5) is 24.5. The minimum Gasteiger partial charge on any atom is -0.496 e. The first-order valence-corrected chi connectivity index (χ1v) is 10.6. The van der Waals surface area contributed by atoms with Crippen LogP contribution in [0, 0.1) is 17.5 Å². The molecule has 4 rings (SSSR count). The fourth-order valence-corrected chi connectivity index (χ4v) is 3.91. The van der Waals surface area contributed by atoms with Crippen LogP contribution in [0.4, 0.5) is 19.0 Å². The Balaban J connectivity index is 1.63. The van der Waals surface area contributed by atoms with Crippen molar-refractivity contribution in [2.45, 2.75) is 19.0 Å². The maximum absolute atomic E-state index is 15.1. The summed E-state index contributed by atoms with van der Waals surface area (Å²) in [6, 6.07) is 5.54. The predicted molar refractivity (Wildman–Crippen MR) is 119 cm³/mol. The lowest BCUT2D eigenvalue weighted by Crippen LogP contribution is -2.24. The number of halogens is 3. The fourth-order valence-electron chi connectivity index (χ4n) is 3.91. The summed E-state index contributed by atoms with van der Waals surface area (Å²) in [5.41, 5.74) is 10.5. The first-order chi connectivity index (χ1) is 16.7. The van der Waals surface area contributed by atoms with Crippen molar-refractivity contribution >= 4 is 17.6 Å². The molecule has 2 aromatic carbocycles. The molecule has 9 nitrogen and oxygen atoms in total. The summed E-state index contributed by atoms with van der Waals surface area (Å²) in [5.74, 6) is -4.86. The second kappa shape index (κ2) is 9.66. The van der Waals surface area contributed by atoms with Crippen LogP contribution in [-0.2, 0) is 11.3 Å². The van der Waals surface area contributed by atoms with Gasteiger partial charge in [0.2, 0.25) is 0 Å². The van der Waals surface area contributed by atoms with E-state index in [9.17, 15) is 18.4 Å². The molecule has 2 amide bonds. The number of nitrogens with zero attached hydrogens (tertiary/aromatic N) is 2. The van der Waals surface area contributed by atoms with E-state index in [-0.39, 0.29) is 45.6 Å². The monoisotopic (exact) mass is 489 g/mol. The molecule has 0 bridgehead atoms. The number of hydrogen-bond acceptors (Lipinski definition) is 6. The van der Waals surface area contributed by atoms with Crippen molar-refractivity contribution in [3.63, 3.8) is 0 Å². The van der Waals surface area contributed by atoms with Crippen LogP contribution in [0.15, 0.2) is 30.3 Å². The molecule has 5 N–H and O–H groups in total. The van der Waals surface area contributed by atoms with Crippen molar-refractivity contribution in [3.05, 3.63) is 64.5 Å². The van der Waals surface area contributed by atoms with Gasteiger partial charge in [-0.2, -0.15) is 5.10 Å². The fraction of sp³-hybridized carbons (Fsp3) is 0.261. The lowest BCUT2D eigenvalue weighted by atomic mass is 10.0. The van der Waals surface area contributed by atoms with E-state index >= 15 is 4.39 Å². The summed E-state index contributed by atoms with van der Waals surface area (Å²) in [5, 5.41) is 6.65. The molecule has 2 heterocycles. The van der Waals surface area contributed by atoms with Gasteiger partial charge in [0.15, 0.2) is 11.6 Å². The highest BCUT2D eigenvalue weighted by atomic mass is 19.2. The van der Waals surface area contributed by atoms with Crippen LogP contribution in [0.1, 0.15) is 38.7 Å². The molecule has 1 saturated heterocycles. The quantitative estimate of drug-likeness (QED) is 0.467. The topological polar surface area (TPSA) is 134 Å². The lowest BCUT2D eigenvalue weighted by Gasteiger charge is -2.11. The zero-order chi connectivity index (χ0) is 25.3. The molecule has 0 saturated carbocycles. The molecule has 1 atom stereocenters. The molecule has 184 valence electrons. The molecule has 1 unspecified atom stereocenters. The summed E-state index contributed by atoms with van der Waals surface area (Å²) < 4.78 is 55.3. The Bertz CT molecular complexity index is 1300. The molecular weight excluding hydrogens is 467 g/mol. The second-order valence-corrected chi connectivity index (χ2v) is 7.86. The number of nitrogens with two attached hydrogens (primary N) is 2. The standard InChI is InChI=1S/C23H22F3N5O4/c1-34-16-5-3-12(24)8-15(16)23(33)29-9-11-2-4-14(19(26)18(11)25)20-17(22(28)32)21(27)31(30-20)13-6-7-35-10-13/h2-5,8,13H,6-7,9-10,27H2,1H3,(H2,28,32)(H,29,33). The maximum Gasteiger partial charge on any atom is 0.255 e. The molecule has 1 aromatic heterocycles. The molecule has 0 aliphatic carbocycles. The van der Waals surface area contributed by atoms with E-state index in [2.05, 4.69) is 10.4 Å². The van der Waals surface area contributed by atoms with Gasteiger partial charge in [0.25, 0.3) is 11.8 Å². The van der Waals surface area contributed by atoms with E-state index in [4.69, 9.17) is 20.9 Å². The number of amides is 2. The van der Waals surface area contributed by atoms with Crippen LogP contribution < -0.4 is 21.5 Å². The van der Waals surface area contributed by atoms with Crippen LogP contribution in [0.25, 0.3) is 11.3 Å². The lowest BCUT2D eigenvalue weighted by molar-refractivity contribution is 0.0945. The molecule has 1 fully saturated rings. The van der Waals surface area contributed by atoms with Gasteiger partial charge in [-0.05, 0) is 30.7 Å². The number of benzene rings is 2. The SMILES string of the molecule is COc1ccc(F)cc1C(=O)NCc1ccc(-c2nn(C3CCOC3)c(N)c2C(N)=O)c(F)c1F. The molecule has 0 radical (unpaired) electrons. The second-order valence-electron chi connectivity index (χ2n) is 7.86. The Morgan fingerprint density at radius 1 is 1.23 bits per heavy atom. The van der Waals surface area contributed by atoms with Gasteiger partial charge in [-0.15, -0.1) is 0 Å². The number of hydrogen-bond donors (Lipinski definition) is 3. The number of carbonyl (C=O) groups is 2. The molecule has 12 heteroatoms. The summed E-state index contributed by atoms with van der Waals surface area (Å²) in [6.07, 6.45) is 0.578. The number of carbonyl (C=O) groups excluding carboxylic acids is 2. The smallest absolute Gasteiger partial charge is 0.255 e.